The molecule has 2 aliphatic rings. The number of anilines is 2. The van der Waals surface area contributed by atoms with E-state index in [-0.39, 0.29) is 22.9 Å². The molecular formula is C28H19BrFN3O6S2. The fraction of sp³-hybridized carbons (Fsp3) is 0.143. The van der Waals surface area contributed by atoms with Gasteiger partial charge in [-0.1, -0.05) is 39.0 Å². The van der Waals surface area contributed by atoms with Crippen molar-refractivity contribution in [2.75, 3.05) is 16.8 Å². The number of phenolic OH excluding ortho intramolecular Hbond substituents is 1. The van der Waals surface area contributed by atoms with Crippen molar-refractivity contribution in [1.82, 2.24) is 4.98 Å². The lowest BCUT2D eigenvalue weighted by atomic mass is 9.82. The molecule has 0 spiro atoms. The number of hydrogen-bond donors (Lipinski definition) is 3. The lowest BCUT2D eigenvalue weighted by Crippen LogP contribution is -2.32. The Labute approximate surface area is 248 Å². The molecular weight excluding hydrogens is 637 g/mol. The van der Waals surface area contributed by atoms with Gasteiger partial charge in [0, 0.05) is 26.5 Å². The largest absolute Gasteiger partial charge is 0.508 e. The minimum atomic E-state index is -0.890. The molecule has 3 heterocycles. The summed E-state index contributed by atoms with van der Waals surface area (Å²) in [4.78, 5) is 56.7. The Morgan fingerprint density at radius 1 is 1.05 bits per heavy atom. The van der Waals surface area contributed by atoms with Crippen molar-refractivity contribution in [3.63, 3.8) is 0 Å². The monoisotopic (exact) mass is 655 g/mol. The van der Waals surface area contributed by atoms with Crippen LogP contribution in [0.15, 0.2) is 81.0 Å². The van der Waals surface area contributed by atoms with E-state index in [4.69, 9.17) is 4.74 Å². The molecule has 1 aromatic heterocycles. The van der Waals surface area contributed by atoms with Gasteiger partial charge in [0.15, 0.2) is 6.61 Å². The van der Waals surface area contributed by atoms with Crippen molar-refractivity contribution >= 4 is 68.1 Å². The number of carbonyl (C=O) groups excluding carboxylic acids is 3. The molecule has 2 aliphatic heterocycles. The third-order valence-electron chi connectivity index (χ3n) is 6.73. The number of aromatic amines is 1. The van der Waals surface area contributed by atoms with E-state index in [1.54, 1.807) is 30.3 Å². The summed E-state index contributed by atoms with van der Waals surface area (Å²) in [7, 11) is 0. The number of H-pyrrole nitrogens is 1. The number of thiazole rings is 1. The van der Waals surface area contributed by atoms with Crippen molar-refractivity contribution in [3.05, 3.63) is 97.1 Å². The molecule has 3 N–H and O–H groups in total. The predicted molar refractivity (Wildman–Crippen MR) is 155 cm³/mol. The number of nitrogens with zero attached hydrogens (tertiary/aromatic N) is 1. The average molecular weight is 657 g/mol. The van der Waals surface area contributed by atoms with Gasteiger partial charge in [-0.3, -0.25) is 19.2 Å². The second kappa shape index (κ2) is 10.8. The highest BCUT2D eigenvalue weighted by molar-refractivity contribution is 9.10. The first-order chi connectivity index (χ1) is 19.7. The maximum atomic E-state index is 13.9. The molecule has 3 atom stereocenters. The van der Waals surface area contributed by atoms with Gasteiger partial charge in [-0.25, -0.2) is 9.29 Å². The van der Waals surface area contributed by atoms with Gasteiger partial charge < -0.3 is 20.1 Å². The normalized spacial score (nSPS) is 19.6. The standard InChI is InChI=1S/C28H19BrFN3O6S2/c29-13-1-10-19(39-12-20(35)31-15-4-8-17(34)9-5-15)18(11-13)21-22-24(40-25-23(21)41-28(38)32-25)27(37)33(26(22)36)16-6-2-14(30)3-7-16/h1-11,21-22,24,34H,12H2,(H,31,35)(H,32,38)/t21-,22-,24+/m0/s1. The van der Waals surface area contributed by atoms with Gasteiger partial charge in [0.25, 0.3) is 5.91 Å². The number of phenols is 1. The number of halogens is 2. The molecule has 6 rings (SSSR count). The first-order valence-corrected chi connectivity index (χ1v) is 14.7. The zero-order valence-electron chi connectivity index (χ0n) is 20.8. The van der Waals surface area contributed by atoms with E-state index >= 15 is 0 Å². The van der Waals surface area contributed by atoms with Crippen LogP contribution in [0.25, 0.3) is 0 Å². The number of rotatable bonds is 6. The number of imide groups is 1. The van der Waals surface area contributed by atoms with E-state index in [1.165, 1.54) is 36.4 Å². The van der Waals surface area contributed by atoms with Crippen LogP contribution in [-0.2, 0) is 14.4 Å². The van der Waals surface area contributed by atoms with Gasteiger partial charge >= 0.3 is 4.87 Å². The predicted octanol–water partition coefficient (Wildman–Crippen LogP) is 4.86. The van der Waals surface area contributed by atoms with Gasteiger partial charge in [-0.05, 0) is 66.7 Å². The molecule has 0 radical (unpaired) electrons. The Balaban J connectivity index is 1.36. The summed E-state index contributed by atoms with van der Waals surface area (Å²) in [6.45, 7) is -0.365. The van der Waals surface area contributed by atoms with Crippen LogP contribution in [0.3, 0.4) is 0 Å². The minimum Gasteiger partial charge on any atom is -0.508 e. The van der Waals surface area contributed by atoms with E-state index in [0.717, 1.165) is 28.0 Å². The third kappa shape index (κ3) is 5.16. The molecule has 0 aliphatic carbocycles. The molecule has 1 fully saturated rings. The van der Waals surface area contributed by atoms with Crippen LogP contribution in [0.4, 0.5) is 15.8 Å². The van der Waals surface area contributed by atoms with Crippen molar-refractivity contribution in [2.45, 2.75) is 16.2 Å². The summed E-state index contributed by atoms with van der Waals surface area (Å²) in [5, 5.41) is 11.8. The number of aromatic nitrogens is 1. The number of hydrogen-bond acceptors (Lipinski definition) is 8. The lowest BCUT2D eigenvalue weighted by Gasteiger charge is -2.31. The SMILES string of the molecule is O=C(COc1ccc(Br)cc1[C@@H]1c2sc(=O)[nH]c2S[C@H]2C(=O)N(c3ccc(F)cc3)C(=O)[C@@H]12)Nc1ccc(O)cc1. The number of aromatic hydroxyl groups is 1. The summed E-state index contributed by atoms with van der Waals surface area (Å²) in [6, 6.07) is 16.2. The number of thioether (sulfide) groups is 1. The van der Waals surface area contributed by atoms with Crippen LogP contribution in [-0.4, -0.2) is 39.7 Å². The highest BCUT2D eigenvalue weighted by atomic mass is 79.9. The summed E-state index contributed by atoms with van der Waals surface area (Å²) in [6.07, 6.45) is 0. The van der Waals surface area contributed by atoms with Crippen molar-refractivity contribution in [1.29, 1.82) is 0 Å². The summed E-state index contributed by atoms with van der Waals surface area (Å²) < 4.78 is 20.2. The molecule has 0 bridgehead atoms. The molecule has 0 saturated carbocycles. The van der Waals surface area contributed by atoms with E-state index < -0.39 is 40.6 Å². The second-order valence-electron chi connectivity index (χ2n) is 9.30. The first kappa shape index (κ1) is 27.2. The van der Waals surface area contributed by atoms with E-state index in [9.17, 15) is 28.7 Å². The molecule has 13 heteroatoms. The molecule has 3 aromatic carbocycles. The molecule has 0 unspecified atom stereocenters. The first-order valence-electron chi connectivity index (χ1n) is 12.2. The molecule has 9 nitrogen and oxygen atoms in total. The summed E-state index contributed by atoms with van der Waals surface area (Å²) in [5.41, 5.74) is 1.24. The maximum absolute atomic E-state index is 13.9. The van der Waals surface area contributed by atoms with Gasteiger partial charge in [-0.2, -0.15) is 0 Å². The smallest absolute Gasteiger partial charge is 0.305 e. The minimum absolute atomic E-state index is 0.0621. The summed E-state index contributed by atoms with van der Waals surface area (Å²) in [5.74, 6) is -3.17. The quantitative estimate of drug-likeness (QED) is 0.200. The van der Waals surface area contributed by atoms with Crippen LogP contribution < -0.4 is 19.8 Å². The fourth-order valence-corrected chi connectivity index (χ4v) is 7.86. The van der Waals surface area contributed by atoms with Crippen LogP contribution >= 0.6 is 39.0 Å². The third-order valence-corrected chi connectivity index (χ3v) is 9.62. The lowest BCUT2D eigenvalue weighted by molar-refractivity contribution is -0.122. The Bertz CT molecular complexity index is 1740. The molecule has 4 aromatic rings. The van der Waals surface area contributed by atoms with Gasteiger partial charge in [0.1, 0.15) is 22.6 Å². The van der Waals surface area contributed by atoms with E-state index in [2.05, 4.69) is 26.2 Å². The van der Waals surface area contributed by atoms with Gasteiger partial charge in [-0.15, -0.1) is 0 Å². The van der Waals surface area contributed by atoms with Crippen molar-refractivity contribution in [3.8, 4) is 11.5 Å². The summed E-state index contributed by atoms with van der Waals surface area (Å²) >= 11 is 5.55. The average Bonchev–Trinajstić information content (AvgIpc) is 3.44. The zero-order valence-corrected chi connectivity index (χ0v) is 24.0. The number of fused-ring (bicyclic) bond motifs is 2. The van der Waals surface area contributed by atoms with Crippen LogP contribution in [0.1, 0.15) is 16.4 Å². The molecule has 3 amide bonds. The Kier molecular flexibility index (Phi) is 7.18. The highest BCUT2D eigenvalue weighted by Crippen LogP contribution is 2.54. The van der Waals surface area contributed by atoms with Gasteiger partial charge in [0.05, 0.1) is 16.6 Å². The number of amides is 3. The molecule has 208 valence electrons. The Morgan fingerprint density at radius 3 is 2.51 bits per heavy atom. The van der Waals surface area contributed by atoms with E-state index in [1.807, 2.05) is 0 Å². The zero-order chi connectivity index (χ0) is 28.8. The van der Waals surface area contributed by atoms with E-state index in [0.29, 0.717) is 31.4 Å². The topological polar surface area (TPSA) is 129 Å². The van der Waals surface area contributed by atoms with Crippen LogP contribution in [0, 0.1) is 11.7 Å². The van der Waals surface area contributed by atoms with Crippen molar-refractivity contribution < 1.29 is 28.6 Å². The number of carbonyl (C=O) groups is 3. The number of benzene rings is 3. The second-order valence-corrected chi connectivity index (χ2v) is 12.4. The Hall–Kier alpha value is -3.94. The van der Waals surface area contributed by atoms with Crippen LogP contribution in [0.2, 0.25) is 0 Å². The molecule has 1 saturated heterocycles. The molecule has 41 heavy (non-hydrogen) atoms. The number of ether oxygens (including phenoxy) is 1. The van der Waals surface area contributed by atoms with Crippen molar-refractivity contribution in [2.24, 2.45) is 5.92 Å². The highest BCUT2D eigenvalue weighted by Gasteiger charge is 2.56. The fourth-order valence-electron chi connectivity index (χ4n) is 4.98. The maximum Gasteiger partial charge on any atom is 0.305 e. The number of nitrogens with one attached hydrogen (secondary N) is 2. The van der Waals surface area contributed by atoms with Crippen LogP contribution in [0.5, 0.6) is 11.5 Å². The Morgan fingerprint density at radius 2 is 1.78 bits per heavy atom. The van der Waals surface area contributed by atoms with Gasteiger partial charge in [0.2, 0.25) is 11.8 Å².